The van der Waals surface area contributed by atoms with Gasteiger partial charge in [0.25, 0.3) is 0 Å². The maximum absolute atomic E-state index is 5.88. The van der Waals surface area contributed by atoms with Crippen LogP contribution in [0.3, 0.4) is 0 Å². The lowest BCUT2D eigenvalue weighted by Crippen LogP contribution is -2.15. The lowest BCUT2D eigenvalue weighted by molar-refractivity contribution is 0.0511. The Kier molecular flexibility index (Phi) is 5.53. The summed E-state index contributed by atoms with van der Waals surface area (Å²) in [6.45, 7) is 0.869. The lowest BCUT2D eigenvalue weighted by atomic mass is 9.93. The number of ether oxygens (including phenoxy) is 2. The summed E-state index contributed by atoms with van der Waals surface area (Å²) in [5.74, 6) is 1.09. The van der Waals surface area contributed by atoms with Gasteiger partial charge in [-0.25, -0.2) is 0 Å². The number of nitrogens with zero attached hydrogens (tertiary/aromatic N) is 1. The number of rotatable bonds is 7. The van der Waals surface area contributed by atoms with Crippen LogP contribution in [-0.2, 0) is 11.2 Å². The van der Waals surface area contributed by atoms with Gasteiger partial charge in [-0.1, -0.05) is 18.2 Å². The van der Waals surface area contributed by atoms with Gasteiger partial charge < -0.3 is 15.2 Å². The van der Waals surface area contributed by atoms with E-state index in [1.807, 2.05) is 24.4 Å². The molecule has 0 radical (unpaired) electrons. The monoisotopic (exact) mass is 272 g/mol. The van der Waals surface area contributed by atoms with Crippen LogP contribution in [0.2, 0.25) is 0 Å². The Morgan fingerprint density at radius 2 is 2.00 bits per heavy atom. The molecule has 4 heteroatoms. The first kappa shape index (κ1) is 14.5. The van der Waals surface area contributed by atoms with E-state index < -0.39 is 0 Å². The van der Waals surface area contributed by atoms with Crippen molar-refractivity contribution < 1.29 is 9.47 Å². The van der Waals surface area contributed by atoms with Crippen molar-refractivity contribution in [3.8, 4) is 5.75 Å². The quantitative estimate of drug-likeness (QED) is 0.786. The molecule has 0 amide bonds. The van der Waals surface area contributed by atoms with Crippen LogP contribution in [0.25, 0.3) is 0 Å². The highest BCUT2D eigenvalue weighted by molar-refractivity contribution is 5.29. The summed E-state index contributed by atoms with van der Waals surface area (Å²) in [6.07, 6.45) is 4.55. The molecule has 106 valence electrons. The average Bonchev–Trinajstić information content (AvgIpc) is 2.52. The van der Waals surface area contributed by atoms with Gasteiger partial charge in [-0.3, -0.25) is 4.98 Å². The van der Waals surface area contributed by atoms with E-state index in [-0.39, 0.29) is 12.7 Å². The molecule has 0 aliphatic heterocycles. The molecule has 1 aromatic heterocycles. The van der Waals surface area contributed by atoms with Gasteiger partial charge in [0.2, 0.25) is 0 Å². The molecule has 0 saturated heterocycles. The first-order valence-corrected chi connectivity index (χ1v) is 6.64. The second kappa shape index (κ2) is 7.62. The Morgan fingerprint density at radius 1 is 1.20 bits per heavy atom. The molecule has 0 aliphatic rings. The van der Waals surface area contributed by atoms with Crippen molar-refractivity contribution in [2.24, 2.45) is 5.73 Å². The summed E-state index contributed by atoms with van der Waals surface area (Å²) >= 11 is 0. The van der Waals surface area contributed by atoms with Crippen LogP contribution >= 0.6 is 0 Å². The van der Waals surface area contributed by atoms with Gasteiger partial charge in [0.15, 0.2) is 6.79 Å². The molecule has 0 fully saturated rings. The highest BCUT2D eigenvalue weighted by atomic mass is 16.7. The fraction of sp³-hybridized carbons (Fsp3) is 0.312. The summed E-state index contributed by atoms with van der Waals surface area (Å²) in [5.41, 5.74) is 8.29. The van der Waals surface area contributed by atoms with Gasteiger partial charge in [-0.05, 0) is 42.3 Å². The van der Waals surface area contributed by atoms with E-state index in [2.05, 4.69) is 23.2 Å². The summed E-state index contributed by atoms with van der Waals surface area (Å²) in [6, 6.07) is 12.0. The first-order valence-electron chi connectivity index (χ1n) is 6.64. The zero-order valence-corrected chi connectivity index (χ0v) is 11.7. The van der Waals surface area contributed by atoms with Gasteiger partial charge in [-0.2, -0.15) is 0 Å². The van der Waals surface area contributed by atoms with Crippen molar-refractivity contribution in [2.75, 3.05) is 20.4 Å². The Morgan fingerprint density at radius 3 is 2.60 bits per heavy atom. The number of pyridine rings is 1. The van der Waals surface area contributed by atoms with E-state index in [4.69, 9.17) is 15.2 Å². The molecule has 0 bridgehead atoms. The molecule has 2 N–H and O–H groups in total. The Labute approximate surface area is 119 Å². The zero-order chi connectivity index (χ0) is 14.2. The smallest absolute Gasteiger partial charge is 0.188 e. The fourth-order valence-corrected chi connectivity index (χ4v) is 2.09. The van der Waals surface area contributed by atoms with Crippen molar-refractivity contribution in [3.05, 3.63) is 59.9 Å². The van der Waals surface area contributed by atoms with Gasteiger partial charge >= 0.3 is 0 Å². The molecule has 0 saturated carbocycles. The van der Waals surface area contributed by atoms with Crippen LogP contribution < -0.4 is 10.5 Å². The highest BCUT2D eigenvalue weighted by Crippen LogP contribution is 2.21. The van der Waals surface area contributed by atoms with Crippen molar-refractivity contribution >= 4 is 0 Å². The minimum Gasteiger partial charge on any atom is -0.468 e. The molecule has 20 heavy (non-hydrogen) atoms. The predicted molar refractivity (Wildman–Crippen MR) is 78.7 cm³/mol. The van der Waals surface area contributed by atoms with E-state index in [9.17, 15) is 0 Å². The lowest BCUT2D eigenvalue weighted by Gasteiger charge is -2.15. The Hall–Kier alpha value is -1.91. The third kappa shape index (κ3) is 4.05. The summed E-state index contributed by atoms with van der Waals surface area (Å²) < 4.78 is 10.2. The molecular weight excluding hydrogens is 252 g/mol. The number of methoxy groups -OCH3 is 1. The van der Waals surface area contributed by atoms with Gasteiger partial charge in [0.1, 0.15) is 5.75 Å². The average molecular weight is 272 g/mol. The molecule has 1 heterocycles. The fourth-order valence-electron chi connectivity index (χ4n) is 2.09. The summed E-state index contributed by atoms with van der Waals surface area (Å²) in [7, 11) is 1.61. The van der Waals surface area contributed by atoms with Crippen LogP contribution in [0.1, 0.15) is 17.0 Å². The second-order valence-electron chi connectivity index (χ2n) is 4.62. The standard InChI is InChI=1S/C16H20N2O2/c1-19-12-20-16-6-4-13(5-7-16)9-15(10-17)14-3-2-8-18-11-14/h2-8,11,15H,9-10,12,17H2,1H3. The van der Waals surface area contributed by atoms with Gasteiger partial charge in [0, 0.05) is 25.4 Å². The number of aromatic nitrogens is 1. The van der Waals surface area contributed by atoms with E-state index in [0.29, 0.717) is 6.54 Å². The van der Waals surface area contributed by atoms with E-state index >= 15 is 0 Å². The molecule has 1 atom stereocenters. The maximum atomic E-state index is 5.88. The number of nitrogens with two attached hydrogens (primary N) is 1. The minimum atomic E-state index is 0.264. The van der Waals surface area contributed by atoms with E-state index in [1.54, 1.807) is 13.3 Å². The zero-order valence-electron chi connectivity index (χ0n) is 11.7. The predicted octanol–water partition coefficient (Wildman–Crippen LogP) is 2.35. The summed E-state index contributed by atoms with van der Waals surface area (Å²) in [4.78, 5) is 4.15. The molecule has 0 spiro atoms. The van der Waals surface area contributed by atoms with E-state index in [0.717, 1.165) is 12.2 Å². The minimum absolute atomic E-state index is 0.264. The number of hydrogen-bond donors (Lipinski definition) is 1. The van der Waals surface area contributed by atoms with Gasteiger partial charge in [-0.15, -0.1) is 0 Å². The van der Waals surface area contributed by atoms with Crippen molar-refractivity contribution in [2.45, 2.75) is 12.3 Å². The second-order valence-corrected chi connectivity index (χ2v) is 4.62. The van der Waals surface area contributed by atoms with Gasteiger partial charge in [0.05, 0.1) is 0 Å². The first-order chi connectivity index (χ1) is 9.83. The number of hydrogen-bond acceptors (Lipinski definition) is 4. The molecule has 1 aromatic carbocycles. The topological polar surface area (TPSA) is 57.4 Å². The number of benzene rings is 1. The normalized spacial score (nSPS) is 12.1. The maximum Gasteiger partial charge on any atom is 0.188 e. The third-order valence-electron chi connectivity index (χ3n) is 3.19. The molecule has 2 rings (SSSR count). The Balaban J connectivity index is 2.01. The van der Waals surface area contributed by atoms with Crippen molar-refractivity contribution in [1.82, 2.24) is 4.98 Å². The summed E-state index contributed by atoms with van der Waals surface area (Å²) in [5, 5.41) is 0. The third-order valence-corrected chi connectivity index (χ3v) is 3.19. The largest absolute Gasteiger partial charge is 0.468 e. The van der Waals surface area contributed by atoms with Crippen LogP contribution in [0, 0.1) is 0 Å². The van der Waals surface area contributed by atoms with Crippen LogP contribution in [-0.4, -0.2) is 25.4 Å². The van der Waals surface area contributed by atoms with Crippen LogP contribution in [0.15, 0.2) is 48.8 Å². The molecule has 4 nitrogen and oxygen atoms in total. The SMILES string of the molecule is COCOc1ccc(CC(CN)c2cccnc2)cc1. The molecule has 2 aromatic rings. The van der Waals surface area contributed by atoms with Crippen molar-refractivity contribution in [1.29, 1.82) is 0 Å². The molecular formula is C16H20N2O2. The Bertz CT molecular complexity index is 500. The van der Waals surface area contributed by atoms with E-state index in [1.165, 1.54) is 11.1 Å². The van der Waals surface area contributed by atoms with Crippen LogP contribution in [0.5, 0.6) is 5.75 Å². The van der Waals surface area contributed by atoms with Crippen LogP contribution in [0.4, 0.5) is 0 Å². The molecule has 0 aliphatic carbocycles. The highest BCUT2D eigenvalue weighted by Gasteiger charge is 2.10. The van der Waals surface area contributed by atoms with Crippen molar-refractivity contribution in [3.63, 3.8) is 0 Å². The molecule has 1 unspecified atom stereocenters.